The van der Waals surface area contributed by atoms with Gasteiger partial charge in [-0.3, -0.25) is 4.79 Å². The molecule has 3 fully saturated rings. The number of methoxy groups -OCH3 is 1. The molecule has 0 spiro atoms. The van der Waals surface area contributed by atoms with Crippen molar-refractivity contribution in [2.75, 3.05) is 7.11 Å². The fraction of sp³-hybridized carbons (Fsp3) is 0.962. The van der Waals surface area contributed by atoms with Crippen LogP contribution in [0, 0.1) is 17.8 Å². The van der Waals surface area contributed by atoms with E-state index in [1.165, 1.54) is 77.7 Å². The van der Waals surface area contributed by atoms with Gasteiger partial charge in [0.1, 0.15) is 0 Å². The van der Waals surface area contributed by atoms with Crippen molar-refractivity contribution < 1.29 is 19.0 Å². The highest BCUT2D eigenvalue weighted by atomic mass is 16.6. The molecule has 0 amide bonds. The fourth-order valence-electron chi connectivity index (χ4n) is 5.73. The minimum Gasteiger partial charge on any atom is -0.469 e. The predicted octanol–water partition coefficient (Wildman–Crippen LogP) is 6.45. The molecule has 0 aromatic carbocycles. The molecule has 7 atom stereocenters. The van der Waals surface area contributed by atoms with Crippen LogP contribution in [0.3, 0.4) is 0 Å². The van der Waals surface area contributed by atoms with Crippen molar-refractivity contribution in [1.29, 1.82) is 0 Å². The number of hydrogen-bond acceptors (Lipinski definition) is 4. The van der Waals surface area contributed by atoms with Gasteiger partial charge >= 0.3 is 5.97 Å². The summed E-state index contributed by atoms with van der Waals surface area (Å²) in [5, 5.41) is 0. The van der Waals surface area contributed by atoms with Crippen LogP contribution in [0.2, 0.25) is 0 Å². The highest BCUT2D eigenvalue weighted by molar-refractivity contribution is 5.72. The van der Waals surface area contributed by atoms with Crippen LogP contribution >= 0.6 is 0 Å². The van der Waals surface area contributed by atoms with Crippen molar-refractivity contribution in [2.24, 2.45) is 17.8 Å². The number of fused-ring (bicyclic) bond motifs is 1. The minimum atomic E-state index is -0.00475. The molecule has 174 valence electrons. The molecule has 2 aliphatic heterocycles. The maximum atomic E-state index is 12.4. The van der Waals surface area contributed by atoms with Crippen molar-refractivity contribution in [3.8, 4) is 0 Å². The Balaban J connectivity index is 1.21. The quantitative estimate of drug-likeness (QED) is 0.163. The minimum absolute atomic E-state index is 0.00475. The van der Waals surface area contributed by atoms with Crippen molar-refractivity contribution in [1.82, 2.24) is 0 Å². The summed E-state index contributed by atoms with van der Waals surface area (Å²) in [5.74, 6) is 1.05. The summed E-state index contributed by atoms with van der Waals surface area (Å²) in [4.78, 5) is 12.4. The number of ether oxygens (including phenoxy) is 3. The molecule has 0 aromatic rings. The molecule has 0 bridgehead atoms. The van der Waals surface area contributed by atoms with Gasteiger partial charge in [-0.2, -0.15) is 0 Å². The van der Waals surface area contributed by atoms with E-state index < -0.39 is 0 Å². The molecular formula is C26H46O4. The zero-order valence-corrected chi connectivity index (χ0v) is 19.8. The van der Waals surface area contributed by atoms with Gasteiger partial charge in [-0.25, -0.2) is 0 Å². The number of carbonyl (C=O) groups is 1. The van der Waals surface area contributed by atoms with E-state index in [9.17, 15) is 4.79 Å². The monoisotopic (exact) mass is 422 g/mol. The maximum Gasteiger partial charge on any atom is 0.308 e. The van der Waals surface area contributed by atoms with Crippen LogP contribution in [0.1, 0.15) is 110 Å². The number of rotatable bonds is 16. The molecule has 1 saturated carbocycles. The summed E-state index contributed by atoms with van der Waals surface area (Å²) >= 11 is 0. The molecule has 7 unspecified atom stereocenters. The third kappa shape index (κ3) is 7.51. The Bertz CT molecular complexity index is 507. The Morgan fingerprint density at radius 2 is 1.47 bits per heavy atom. The molecule has 4 nitrogen and oxygen atoms in total. The van der Waals surface area contributed by atoms with Gasteiger partial charge in [-0.1, -0.05) is 78.1 Å². The van der Waals surface area contributed by atoms with Crippen LogP contribution < -0.4 is 0 Å². The number of unbranched alkanes of at least 4 members (excludes halogenated alkanes) is 8. The van der Waals surface area contributed by atoms with E-state index >= 15 is 0 Å². The summed E-state index contributed by atoms with van der Waals surface area (Å²) < 4.78 is 16.7. The lowest BCUT2D eigenvalue weighted by molar-refractivity contribution is -0.149. The van der Waals surface area contributed by atoms with Crippen LogP contribution in [0.15, 0.2) is 0 Å². The fourth-order valence-corrected chi connectivity index (χ4v) is 5.73. The van der Waals surface area contributed by atoms with Gasteiger partial charge in [0.15, 0.2) is 0 Å². The van der Waals surface area contributed by atoms with E-state index in [-0.39, 0.29) is 11.9 Å². The van der Waals surface area contributed by atoms with Gasteiger partial charge in [0.25, 0.3) is 0 Å². The molecular weight excluding hydrogens is 376 g/mol. The lowest BCUT2D eigenvalue weighted by Crippen LogP contribution is -2.34. The predicted molar refractivity (Wildman–Crippen MR) is 120 cm³/mol. The molecule has 30 heavy (non-hydrogen) atoms. The lowest BCUT2D eigenvalue weighted by Gasteiger charge is -2.32. The molecule has 3 rings (SSSR count). The maximum absolute atomic E-state index is 12.4. The van der Waals surface area contributed by atoms with Crippen LogP contribution in [0.25, 0.3) is 0 Å². The first kappa shape index (κ1) is 24.0. The number of carbonyl (C=O) groups excluding carboxylic acids is 1. The Labute approximate surface area is 184 Å². The topological polar surface area (TPSA) is 51.4 Å². The van der Waals surface area contributed by atoms with Gasteiger partial charge in [0.05, 0.1) is 37.4 Å². The second-order valence-corrected chi connectivity index (χ2v) is 10.2. The van der Waals surface area contributed by atoms with Gasteiger partial charge in [0, 0.05) is 0 Å². The van der Waals surface area contributed by atoms with Crippen molar-refractivity contribution in [3.63, 3.8) is 0 Å². The zero-order chi connectivity index (χ0) is 21.3. The summed E-state index contributed by atoms with van der Waals surface area (Å²) in [6, 6.07) is 0. The first-order valence-electron chi connectivity index (χ1n) is 13.0. The first-order chi connectivity index (χ1) is 14.6. The molecule has 0 aromatic heterocycles. The number of epoxide rings is 2. The van der Waals surface area contributed by atoms with Gasteiger partial charge in [-0.05, 0) is 43.9 Å². The van der Waals surface area contributed by atoms with Crippen molar-refractivity contribution >= 4 is 5.97 Å². The summed E-state index contributed by atoms with van der Waals surface area (Å²) in [7, 11) is 1.54. The van der Waals surface area contributed by atoms with E-state index in [0.717, 1.165) is 25.7 Å². The van der Waals surface area contributed by atoms with Crippen LogP contribution in [0.4, 0.5) is 0 Å². The Hall–Kier alpha value is -0.610. The molecule has 0 radical (unpaired) electrons. The third-order valence-corrected chi connectivity index (χ3v) is 7.83. The molecule has 4 heteroatoms. The highest BCUT2D eigenvalue weighted by Gasteiger charge is 2.50. The SMILES string of the molecule is CCCCCCCCC1OC1CCCCCCC(C(=O)OC)C1CC2OC2CC1C. The van der Waals surface area contributed by atoms with Crippen molar-refractivity contribution in [2.45, 2.75) is 135 Å². The largest absolute Gasteiger partial charge is 0.469 e. The summed E-state index contributed by atoms with van der Waals surface area (Å²) in [5.41, 5.74) is 0. The molecule has 3 aliphatic rings. The second kappa shape index (κ2) is 12.4. The average molecular weight is 423 g/mol. The van der Waals surface area contributed by atoms with E-state index in [4.69, 9.17) is 14.2 Å². The highest BCUT2D eigenvalue weighted by Crippen LogP contribution is 2.46. The Morgan fingerprint density at radius 3 is 2.13 bits per heavy atom. The standard InChI is InChI=1S/C26H46O4/c1-4-5-6-7-8-12-15-22-23(29-22)16-13-10-9-11-14-20(26(27)28-3)21-18-25-24(30-25)17-19(21)2/h19-25H,4-18H2,1-3H3. The average Bonchev–Trinajstić information content (AvgIpc) is 3.66. The van der Waals surface area contributed by atoms with E-state index in [1.54, 1.807) is 0 Å². The van der Waals surface area contributed by atoms with E-state index in [0.29, 0.717) is 36.3 Å². The number of esters is 1. The lowest BCUT2D eigenvalue weighted by atomic mass is 9.71. The smallest absolute Gasteiger partial charge is 0.308 e. The molecule has 0 N–H and O–H groups in total. The van der Waals surface area contributed by atoms with Crippen LogP contribution in [0.5, 0.6) is 0 Å². The van der Waals surface area contributed by atoms with E-state index in [2.05, 4.69) is 13.8 Å². The zero-order valence-electron chi connectivity index (χ0n) is 19.8. The normalized spacial score (nSPS) is 33.0. The van der Waals surface area contributed by atoms with Gasteiger partial charge < -0.3 is 14.2 Å². The first-order valence-corrected chi connectivity index (χ1v) is 13.0. The van der Waals surface area contributed by atoms with Gasteiger partial charge in [-0.15, -0.1) is 0 Å². The number of hydrogen-bond donors (Lipinski definition) is 0. The Morgan fingerprint density at radius 1 is 0.867 bits per heavy atom. The second-order valence-electron chi connectivity index (χ2n) is 10.2. The van der Waals surface area contributed by atoms with Gasteiger partial charge in [0.2, 0.25) is 0 Å². The summed E-state index contributed by atoms with van der Waals surface area (Å²) in [6.45, 7) is 4.56. The van der Waals surface area contributed by atoms with Crippen LogP contribution in [-0.2, 0) is 19.0 Å². The Kier molecular flexibility index (Phi) is 9.96. The molecule has 2 saturated heterocycles. The van der Waals surface area contributed by atoms with Crippen molar-refractivity contribution in [3.05, 3.63) is 0 Å². The third-order valence-electron chi connectivity index (χ3n) is 7.83. The molecule has 1 aliphatic carbocycles. The molecule has 2 heterocycles. The summed E-state index contributed by atoms with van der Waals surface area (Å²) in [6.07, 6.45) is 20.7. The van der Waals surface area contributed by atoms with Crippen LogP contribution in [-0.4, -0.2) is 37.5 Å². The van der Waals surface area contributed by atoms with E-state index in [1.807, 2.05) is 0 Å².